The molecule has 288 valence electrons. The molecule has 62 heavy (non-hydrogen) atoms. The van der Waals surface area contributed by atoms with Crippen LogP contribution in [0.1, 0.15) is 27.8 Å². The van der Waals surface area contributed by atoms with E-state index in [2.05, 4.69) is 140 Å². The molecule has 5 heteroatoms. The molecule has 1 spiro atoms. The Bertz CT molecular complexity index is 3370. The summed E-state index contributed by atoms with van der Waals surface area (Å²) >= 11 is 1.84. The van der Waals surface area contributed by atoms with Gasteiger partial charge in [-0.15, -0.1) is 0 Å². The molecule has 1 aliphatic heterocycles. The summed E-state index contributed by atoms with van der Waals surface area (Å²) in [5.74, 6) is 1.92. The molecule has 2 heterocycles. The van der Waals surface area contributed by atoms with Crippen LogP contribution in [0, 0.1) is 11.3 Å². The van der Waals surface area contributed by atoms with E-state index in [1.54, 1.807) is 0 Å². The maximum atomic E-state index is 9.56. The Morgan fingerprint density at radius 1 is 0.387 bits per heavy atom. The van der Waals surface area contributed by atoms with E-state index in [4.69, 9.17) is 15.0 Å². The van der Waals surface area contributed by atoms with Gasteiger partial charge in [-0.1, -0.05) is 182 Å². The van der Waals surface area contributed by atoms with Gasteiger partial charge in [-0.2, -0.15) is 5.26 Å². The standard InChI is InChI=1S/C57H34N4S/c58-35-36-19-21-37(22-20-36)43-28-31-51-49(33-43)57(47-18-10-9-17-46(47)53-45-16-8-7-11-39(45)27-30-48(53)57)50-34-44(29-32-52(50)62-51)38-23-25-42(26-24-38)56-60-54(40-12-3-1-4-13-40)59-55(61-56)41-14-5-2-6-15-41/h1-34H. The van der Waals surface area contributed by atoms with E-state index >= 15 is 0 Å². The van der Waals surface area contributed by atoms with Crippen molar-refractivity contribution in [2.75, 3.05) is 0 Å². The zero-order chi connectivity index (χ0) is 41.2. The van der Waals surface area contributed by atoms with Crippen molar-refractivity contribution in [1.29, 1.82) is 5.26 Å². The highest BCUT2D eigenvalue weighted by Crippen LogP contribution is 2.63. The summed E-state index contributed by atoms with van der Waals surface area (Å²) in [6, 6.07) is 75.4. The lowest BCUT2D eigenvalue weighted by Gasteiger charge is -2.40. The van der Waals surface area contributed by atoms with E-state index < -0.39 is 5.41 Å². The Morgan fingerprint density at radius 2 is 0.871 bits per heavy atom. The van der Waals surface area contributed by atoms with Crippen LogP contribution in [0.2, 0.25) is 0 Å². The van der Waals surface area contributed by atoms with Crippen molar-refractivity contribution in [3.8, 4) is 73.6 Å². The smallest absolute Gasteiger partial charge is 0.164 e. The van der Waals surface area contributed by atoms with Gasteiger partial charge in [-0.3, -0.25) is 0 Å². The first kappa shape index (κ1) is 36.0. The molecule has 0 amide bonds. The molecule has 4 nitrogen and oxygen atoms in total. The van der Waals surface area contributed by atoms with Gasteiger partial charge in [-0.25, -0.2) is 15.0 Å². The first-order chi connectivity index (χ1) is 30.7. The molecule has 1 atom stereocenters. The molecule has 1 unspecified atom stereocenters. The molecule has 12 rings (SSSR count). The number of rotatable bonds is 5. The van der Waals surface area contributed by atoms with Crippen LogP contribution in [0.4, 0.5) is 0 Å². The van der Waals surface area contributed by atoms with Crippen molar-refractivity contribution in [2.24, 2.45) is 0 Å². The highest BCUT2D eigenvalue weighted by molar-refractivity contribution is 7.99. The largest absolute Gasteiger partial charge is 0.208 e. The first-order valence-corrected chi connectivity index (χ1v) is 21.5. The number of fused-ring (bicyclic) bond motifs is 11. The summed E-state index contributed by atoms with van der Waals surface area (Å²) < 4.78 is 0. The number of aromatic nitrogens is 3. The molecular formula is C57H34N4S. The average molecular weight is 807 g/mol. The van der Waals surface area contributed by atoms with E-state index in [0.717, 1.165) is 38.9 Å². The van der Waals surface area contributed by atoms with E-state index in [1.807, 2.05) is 84.6 Å². The van der Waals surface area contributed by atoms with Crippen LogP contribution in [-0.2, 0) is 5.41 Å². The fraction of sp³-hybridized carbons (Fsp3) is 0.0175. The Morgan fingerprint density at radius 3 is 1.47 bits per heavy atom. The zero-order valence-electron chi connectivity index (χ0n) is 33.3. The second-order valence-corrected chi connectivity index (χ2v) is 16.9. The summed E-state index contributed by atoms with van der Waals surface area (Å²) in [4.78, 5) is 17.4. The van der Waals surface area contributed by atoms with Gasteiger partial charge < -0.3 is 0 Å². The van der Waals surface area contributed by atoms with Crippen LogP contribution < -0.4 is 0 Å². The van der Waals surface area contributed by atoms with Gasteiger partial charge in [0.15, 0.2) is 17.5 Å². The van der Waals surface area contributed by atoms with E-state index in [1.165, 1.54) is 53.9 Å². The van der Waals surface area contributed by atoms with Crippen molar-refractivity contribution < 1.29 is 0 Å². The van der Waals surface area contributed by atoms with Crippen LogP contribution in [-0.4, -0.2) is 15.0 Å². The molecule has 0 fully saturated rings. The number of nitrogens with zero attached hydrogens (tertiary/aromatic N) is 4. The molecule has 0 saturated heterocycles. The zero-order valence-corrected chi connectivity index (χ0v) is 34.1. The van der Waals surface area contributed by atoms with Gasteiger partial charge in [0.05, 0.1) is 17.0 Å². The minimum absolute atomic E-state index is 0.586. The van der Waals surface area contributed by atoms with Crippen LogP contribution in [0.5, 0.6) is 0 Å². The highest BCUT2D eigenvalue weighted by Gasteiger charge is 2.51. The Balaban J connectivity index is 1.03. The van der Waals surface area contributed by atoms with Crippen LogP contribution in [0.15, 0.2) is 216 Å². The van der Waals surface area contributed by atoms with Crippen LogP contribution >= 0.6 is 11.8 Å². The molecular weight excluding hydrogens is 773 g/mol. The quantitative estimate of drug-likeness (QED) is 0.173. The van der Waals surface area contributed by atoms with Crippen molar-refractivity contribution in [3.63, 3.8) is 0 Å². The van der Waals surface area contributed by atoms with Crippen molar-refractivity contribution in [1.82, 2.24) is 15.0 Å². The lowest BCUT2D eigenvalue weighted by Crippen LogP contribution is -2.32. The monoisotopic (exact) mass is 806 g/mol. The van der Waals surface area contributed by atoms with Crippen LogP contribution in [0.3, 0.4) is 0 Å². The van der Waals surface area contributed by atoms with Gasteiger partial charge in [0.1, 0.15) is 0 Å². The Kier molecular flexibility index (Phi) is 8.35. The predicted octanol–water partition coefficient (Wildman–Crippen LogP) is 14.1. The van der Waals surface area contributed by atoms with Gasteiger partial charge in [0.25, 0.3) is 0 Å². The third kappa shape index (κ3) is 5.65. The average Bonchev–Trinajstić information content (AvgIpc) is 3.65. The highest BCUT2D eigenvalue weighted by atomic mass is 32.2. The normalized spacial score (nSPS) is 14.4. The van der Waals surface area contributed by atoms with E-state index in [9.17, 15) is 5.26 Å². The molecule has 2 aliphatic rings. The van der Waals surface area contributed by atoms with Gasteiger partial charge >= 0.3 is 0 Å². The summed E-state index contributed by atoms with van der Waals surface area (Å²) in [6.45, 7) is 0. The first-order valence-electron chi connectivity index (χ1n) is 20.7. The van der Waals surface area contributed by atoms with Crippen molar-refractivity contribution in [2.45, 2.75) is 15.2 Å². The molecule has 0 bridgehead atoms. The summed E-state index contributed by atoms with van der Waals surface area (Å²) in [5, 5.41) is 12.0. The maximum Gasteiger partial charge on any atom is 0.164 e. The SMILES string of the molecule is N#Cc1ccc(-c2ccc3c(c2)C2(c4cc(-c5ccc(-c6nc(-c7ccccc7)nc(-c7ccccc7)n6)cc5)ccc4S3)c3ccccc3-c3c2ccc2ccccc32)cc1. The second-order valence-electron chi connectivity index (χ2n) is 15.8. The van der Waals surface area contributed by atoms with E-state index in [-0.39, 0.29) is 0 Å². The van der Waals surface area contributed by atoms with Crippen molar-refractivity contribution >= 4 is 22.5 Å². The van der Waals surface area contributed by atoms with Crippen LogP contribution in [0.25, 0.3) is 78.3 Å². The molecule has 0 N–H and O–H groups in total. The molecule has 1 aromatic heterocycles. The molecule has 10 aromatic rings. The Labute approximate surface area is 363 Å². The fourth-order valence-electron chi connectivity index (χ4n) is 9.56. The minimum atomic E-state index is -0.586. The van der Waals surface area contributed by atoms with E-state index in [0.29, 0.717) is 23.0 Å². The number of hydrogen-bond acceptors (Lipinski definition) is 5. The third-order valence-corrected chi connectivity index (χ3v) is 13.6. The lowest BCUT2D eigenvalue weighted by molar-refractivity contribution is 0.723. The minimum Gasteiger partial charge on any atom is -0.208 e. The number of benzene rings is 9. The summed E-state index contributed by atoms with van der Waals surface area (Å²) in [6.07, 6.45) is 0. The third-order valence-electron chi connectivity index (χ3n) is 12.4. The second kappa shape index (κ2) is 14.4. The summed E-state index contributed by atoms with van der Waals surface area (Å²) in [5.41, 5.74) is 15.0. The summed E-state index contributed by atoms with van der Waals surface area (Å²) in [7, 11) is 0. The molecule has 9 aromatic carbocycles. The molecule has 0 radical (unpaired) electrons. The van der Waals surface area contributed by atoms with Gasteiger partial charge in [0, 0.05) is 26.5 Å². The van der Waals surface area contributed by atoms with Crippen molar-refractivity contribution in [3.05, 3.63) is 234 Å². The molecule has 1 aliphatic carbocycles. The van der Waals surface area contributed by atoms with Gasteiger partial charge in [-0.05, 0) is 103 Å². The number of nitriles is 1. The lowest BCUT2D eigenvalue weighted by atomic mass is 9.66. The Hall–Kier alpha value is -7.91. The predicted molar refractivity (Wildman–Crippen MR) is 251 cm³/mol. The molecule has 0 saturated carbocycles. The van der Waals surface area contributed by atoms with Gasteiger partial charge in [0.2, 0.25) is 0 Å². The maximum absolute atomic E-state index is 9.56. The number of hydrogen-bond donors (Lipinski definition) is 0. The fourth-order valence-corrected chi connectivity index (χ4v) is 10.7. The topological polar surface area (TPSA) is 62.5 Å².